The number of hydrogen-bond acceptors (Lipinski definition) is 1. The zero-order chi connectivity index (χ0) is 14.3. The van der Waals surface area contributed by atoms with Crippen LogP contribution in [0.25, 0.3) is 10.9 Å². The molecule has 104 valence electrons. The first-order valence-corrected chi connectivity index (χ1v) is 7.26. The van der Waals surface area contributed by atoms with Crippen LogP contribution in [0, 0.1) is 13.8 Å². The fraction of sp³-hybridized carbons (Fsp3) is 0.312. The molecule has 0 amide bonds. The summed E-state index contributed by atoms with van der Waals surface area (Å²) in [5, 5.41) is 6.54. The third kappa shape index (κ3) is 2.02. The monoisotopic (exact) mass is 287 g/mol. The van der Waals surface area contributed by atoms with E-state index >= 15 is 0 Å². The van der Waals surface area contributed by atoms with Gasteiger partial charge in [0, 0.05) is 17.8 Å². The average Bonchev–Trinajstić information content (AvgIpc) is 2.90. The highest BCUT2D eigenvalue weighted by atomic mass is 35.5. The highest BCUT2D eigenvalue weighted by Crippen LogP contribution is 2.25. The molecular formula is C16H18ClN3. The normalized spacial score (nSPS) is 11.4. The molecule has 20 heavy (non-hydrogen) atoms. The molecule has 3 rings (SSSR count). The predicted octanol–water partition coefficient (Wildman–Crippen LogP) is 4.18. The first kappa shape index (κ1) is 13.3. The SMILES string of the molecule is CCn1nc(C)c(Cl)c1Cn1c(C)cc2ccccc21. The molecule has 0 aliphatic carbocycles. The fourth-order valence-electron chi connectivity index (χ4n) is 2.73. The summed E-state index contributed by atoms with van der Waals surface area (Å²) in [6.07, 6.45) is 0. The second-order valence-electron chi connectivity index (χ2n) is 5.09. The summed E-state index contributed by atoms with van der Waals surface area (Å²) in [7, 11) is 0. The summed E-state index contributed by atoms with van der Waals surface area (Å²) in [6, 6.07) is 10.6. The van der Waals surface area contributed by atoms with Gasteiger partial charge in [-0.2, -0.15) is 5.10 Å². The molecule has 0 fully saturated rings. The van der Waals surface area contributed by atoms with Crippen molar-refractivity contribution in [1.82, 2.24) is 14.3 Å². The Morgan fingerprint density at radius 1 is 1.20 bits per heavy atom. The van der Waals surface area contributed by atoms with E-state index in [0.717, 1.165) is 29.5 Å². The van der Waals surface area contributed by atoms with Crippen molar-refractivity contribution in [3.63, 3.8) is 0 Å². The minimum atomic E-state index is 0.757. The highest BCUT2D eigenvalue weighted by Gasteiger charge is 2.15. The Balaban J connectivity index is 2.12. The molecule has 0 N–H and O–H groups in total. The van der Waals surface area contributed by atoms with Crippen molar-refractivity contribution in [2.24, 2.45) is 0 Å². The Morgan fingerprint density at radius 2 is 1.95 bits per heavy atom. The number of aromatic nitrogens is 3. The largest absolute Gasteiger partial charge is 0.339 e. The molecule has 0 saturated carbocycles. The first-order valence-electron chi connectivity index (χ1n) is 6.88. The summed E-state index contributed by atoms with van der Waals surface area (Å²) in [5.74, 6) is 0. The minimum Gasteiger partial charge on any atom is -0.339 e. The van der Waals surface area contributed by atoms with Gasteiger partial charge >= 0.3 is 0 Å². The lowest BCUT2D eigenvalue weighted by atomic mass is 10.2. The Bertz CT molecular complexity index is 767. The maximum absolute atomic E-state index is 6.42. The quantitative estimate of drug-likeness (QED) is 0.709. The van der Waals surface area contributed by atoms with Crippen molar-refractivity contribution in [3.05, 3.63) is 52.4 Å². The molecule has 3 nitrogen and oxygen atoms in total. The van der Waals surface area contributed by atoms with E-state index in [1.54, 1.807) is 0 Å². The lowest BCUT2D eigenvalue weighted by molar-refractivity contribution is 0.599. The van der Waals surface area contributed by atoms with E-state index in [4.69, 9.17) is 11.6 Å². The van der Waals surface area contributed by atoms with Crippen LogP contribution in [0.15, 0.2) is 30.3 Å². The standard InChI is InChI=1S/C16H18ClN3/c1-4-20-15(16(17)12(3)18-20)10-19-11(2)9-13-7-5-6-8-14(13)19/h5-9H,4,10H2,1-3H3. The zero-order valence-corrected chi connectivity index (χ0v) is 12.8. The van der Waals surface area contributed by atoms with Gasteiger partial charge in [0.05, 0.1) is 23.0 Å². The van der Waals surface area contributed by atoms with Gasteiger partial charge in [-0.3, -0.25) is 4.68 Å². The molecule has 1 aromatic carbocycles. The van der Waals surface area contributed by atoms with Crippen LogP contribution in [0.1, 0.15) is 24.0 Å². The van der Waals surface area contributed by atoms with E-state index in [1.165, 1.54) is 16.6 Å². The molecular weight excluding hydrogens is 270 g/mol. The third-order valence-electron chi connectivity index (χ3n) is 3.78. The number of para-hydroxylation sites is 1. The molecule has 0 aliphatic rings. The van der Waals surface area contributed by atoms with Crippen LogP contribution in [-0.4, -0.2) is 14.3 Å². The van der Waals surface area contributed by atoms with Crippen molar-refractivity contribution < 1.29 is 0 Å². The van der Waals surface area contributed by atoms with Gasteiger partial charge in [-0.1, -0.05) is 29.8 Å². The van der Waals surface area contributed by atoms with E-state index in [1.807, 2.05) is 11.6 Å². The summed E-state index contributed by atoms with van der Waals surface area (Å²) in [4.78, 5) is 0. The lowest BCUT2D eigenvalue weighted by Gasteiger charge is -2.10. The van der Waals surface area contributed by atoms with Gasteiger partial charge in [0.25, 0.3) is 0 Å². The second kappa shape index (κ2) is 4.98. The third-order valence-corrected chi connectivity index (χ3v) is 4.27. The van der Waals surface area contributed by atoms with Crippen molar-refractivity contribution >= 4 is 22.5 Å². The number of benzene rings is 1. The molecule has 0 saturated heterocycles. The molecule has 0 atom stereocenters. The van der Waals surface area contributed by atoms with Crippen LogP contribution >= 0.6 is 11.6 Å². The molecule has 4 heteroatoms. The molecule has 0 bridgehead atoms. The van der Waals surface area contributed by atoms with E-state index in [-0.39, 0.29) is 0 Å². The number of aryl methyl sites for hydroxylation is 3. The Morgan fingerprint density at radius 3 is 2.70 bits per heavy atom. The van der Waals surface area contributed by atoms with E-state index in [2.05, 4.69) is 53.8 Å². The average molecular weight is 288 g/mol. The highest BCUT2D eigenvalue weighted by molar-refractivity contribution is 6.31. The zero-order valence-electron chi connectivity index (χ0n) is 12.0. The topological polar surface area (TPSA) is 22.8 Å². The Kier molecular flexibility index (Phi) is 3.30. The number of hydrogen-bond donors (Lipinski definition) is 0. The van der Waals surface area contributed by atoms with Crippen LogP contribution < -0.4 is 0 Å². The van der Waals surface area contributed by atoms with Crippen molar-refractivity contribution in [2.45, 2.75) is 33.9 Å². The van der Waals surface area contributed by atoms with Gasteiger partial charge in [0.2, 0.25) is 0 Å². The van der Waals surface area contributed by atoms with Gasteiger partial charge in [0.15, 0.2) is 0 Å². The van der Waals surface area contributed by atoms with Crippen molar-refractivity contribution in [3.8, 4) is 0 Å². The maximum atomic E-state index is 6.42. The van der Waals surface area contributed by atoms with Crippen LogP contribution in [-0.2, 0) is 13.1 Å². The number of fused-ring (bicyclic) bond motifs is 1. The second-order valence-corrected chi connectivity index (χ2v) is 5.47. The van der Waals surface area contributed by atoms with Gasteiger partial charge in [0.1, 0.15) is 0 Å². The molecule has 0 radical (unpaired) electrons. The predicted molar refractivity (Wildman–Crippen MR) is 83.4 cm³/mol. The first-order chi connectivity index (χ1) is 9.61. The number of nitrogens with zero attached hydrogens (tertiary/aromatic N) is 3. The maximum Gasteiger partial charge on any atom is 0.0865 e. The molecule has 2 aromatic heterocycles. The molecule has 0 unspecified atom stereocenters. The van der Waals surface area contributed by atoms with Gasteiger partial charge in [-0.25, -0.2) is 0 Å². The van der Waals surface area contributed by atoms with Gasteiger partial charge in [-0.05, 0) is 38.3 Å². The van der Waals surface area contributed by atoms with Crippen molar-refractivity contribution in [1.29, 1.82) is 0 Å². The van der Waals surface area contributed by atoms with E-state index in [9.17, 15) is 0 Å². The molecule has 2 heterocycles. The minimum absolute atomic E-state index is 0.757. The van der Waals surface area contributed by atoms with E-state index < -0.39 is 0 Å². The molecule has 0 aliphatic heterocycles. The summed E-state index contributed by atoms with van der Waals surface area (Å²) >= 11 is 6.42. The van der Waals surface area contributed by atoms with Crippen LogP contribution in [0.4, 0.5) is 0 Å². The fourth-order valence-corrected chi connectivity index (χ4v) is 2.92. The lowest BCUT2D eigenvalue weighted by Crippen LogP contribution is -2.09. The molecule has 0 spiro atoms. The Hall–Kier alpha value is -1.74. The van der Waals surface area contributed by atoms with Gasteiger partial charge < -0.3 is 4.57 Å². The van der Waals surface area contributed by atoms with Gasteiger partial charge in [-0.15, -0.1) is 0 Å². The van der Waals surface area contributed by atoms with E-state index in [0.29, 0.717) is 0 Å². The van der Waals surface area contributed by atoms with Crippen molar-refractivity contribution in [2.75, 3.05) is 0 Å². The van der Waals surface area contributed by atoms with Crippen LogP contribution in [0.5, 0.6) is 0 Å². The summed E-state index contributed by atoms with van der Waals surface area (Å²) < 4.78 is 4.29. The van der Waals surface area contributed by atoms with Crippen LogP contribution in [0.2, 0.25) is 5.02 Å². The smallest absolute Gasteiger partial charge is 0.0865 e. The summed E-state index contributed by atoms with van der Waals surface area (Å²) in [5.41, 5.74) is 4.46. The molecule has 3 aromatic rings. The Labute approximate surface area is 123 Å². The number of rotatable bonds is 3. The number of halogens is 1. The summed E-state index contributed by atoms with van der Waals surface area (Å²) in [6.45, 7) is 7.77. The van der Waals surface area contributed by atoms with Crippen LogP contribution in [0.3, 0.4) is 0 Å².